The number of aromatic nitrogens is 2. The predicted octanol–water partition coefficient (Wildman–Crippen LogP) is 4.28. The van der Waals surface area contributed by atoms with E-state index in [1.165, 1.54) is 10.4 Å². The summed E-state index contributed by atoms with van der Waals surface area (Å²) in [5, 5.41) is 10.6. The lowest BCUT2D eigenvalue weighted by atomic mass is 10.1. The Bertz CT molecular complexity index is 889. The van der Waals surface area contributed by atoms with Crippen molar-refractivity contribution in [3.63, 3.8) is 0 Å². The number of nitrogens with zero attached hydrogens (tertiary/aromatic N) is 3. The topological polar surface area (TPSA) is 46.1 Å². The fourth-order valence-corrected chi connectivity index (χ4v) is 4.26. The minimum absolute atomic E-state index is 0.0675. The van der Waals surface area contributed by atoms with Gasteiger partial charge < -0.3 is 0 Å². The lowest BCUT2D eigenvalue weighted by Gasteiger charge is -2.16. The van der Waals surface area contributed by atoms with E-state index in [0.29, 0.717) is 11.7 Å². The Hall–Kier alpha value is -2.53. The van der Waals surface area contributed by atoms with Crippen LogP contribution in [0.15, 0.2) is 53.9 Å². The largest absolute Gasteiger partial charge is 0.298 e. The molecule has 1 aromatic carbocycles. The number of rotatable bonds is 4. The number of benzene rings is 1. The maximum absolute atomic E-state index is 12.7. The van der Waals surface area contributed by atoms with Crippen molar-refractivity contribution in [2.45, 2.75) is 19.3 Å². The molecule has 2 heterocycles. The van der Waals surface area contributed by atoms with E-state index in [4.69, 9.17) is 0 Å². The van der Waals surface area contributed by atoms with E-state index in [1.54, 1.807) is 23.3 Å². The third-order valence-electron chi connectivity index (χ3n) is 4.74. The van der Waals surface area contributed by atoms with Gasteiger partial charge >= 0.3 is 0 Å². The predicted molar refractivity (Wildman–Crippen MR) is 101 cm³/mol. The highest BCUT2D eigenvalue weighted by Gasteiger charge is 2.46. The molecule has 0 spiro atoms. The molecule has 2 aromatic heterocycles. The summed E-state index contributed by atoms with van der Waals surface area (Å²) in [6.07, 6.45) is 0.931. The van der Waals surface area contributed by atoms with Gasteiger partial charge in [0.05, 0.1) is 5.69 Å². The fourth-order valence-electron chi connectivity index (χ4n) is 3.15. The summed E-state index contributed by atoms with van der Waals surface area (Å²) in [6, 6.07) is 15.8. The van der Waals surface area contributed by atoms with Crippen molar-refractivity contribution in [1.29, 1.82) is 0 Å². The minimum Gasteiger partial charge on any atom is -0.298 e. The maximum Gasteiger partial charge on any atom is 0.231 e. The smallest absolute Gasteiger partial charge is 0.231 e. The van der Waals surface area contributed by atoms with Crippen LogP contribution in [0, 0.1) is 12.8 Å². The van der Waals surface area contributed by atoms with Crippen LogP contribution in [-0.4, -0.2) is 23.2 Å². The number of anilines is 1. The van der Waals surface area contributed by atoms with E-state index in [1.807, 2.05) is 42.5 Å². The van der Waals surface area contributed by atoms with E-state index in [0.717, 1.165) is 17.7 Å². The van der Waals surface area contributed by atoms with Crippen molar-refractivity contribution >= 4 is 23.1 Å². The van der Waals surface area contributed by atoms with Gasteiger partial charge in [0, 0.05) is 29.3 Å². The Morgan fingerprint density at radius 3 is 2.56 bits per heavy atom. The zero-order valence-electron chi connectivity index (χ0n) is 14.2. The Balaban J connectivity index is 1.47. The molecule has 1 aliphatic carbocycles. The summed E-state index contributed by atoms with van der Waals surface area (Å²) in [4.78, 5) is 15.7. The first-order chi connectivity index (χ1) is 12.1. The highest BCUT2D eigenvalue weighted by molar-refractivity contribution is 7.10. The Morgan fingerprint density at radius 1 is 1.12 bits per heavy atom. The standard InChI is InChI=1S/C20H19N3OS/c1-13-10-11-25-19(13)15-12-16(15)20(24)23(2)18-9-8-17(21-22-18)14-6-4-3-5-7-14/h3-11,15-16H,12H2,1-2H3/t15-,16-/m1/s1. The first-order valence-corrected chi connectivity index (χ1v) is 9.24. The minimum atomic E-state index is 0.0675. The molecule has 0 saturated heterocycles. The molecular weight excluding hydrogens is 330 g/mol. The van der Waals surface area contributed by atoms with Gasteiger partial charge in [0.2, 0.25) is 5.91 Å². The molecule has 0 aliphatic heterocycles. The van der Waals surface area contributed by atoms with Crippen molar-refractivity contribution in [2.75, 3.05) is 11.9 Å². The van der Waals surface area contributed by atoms with Crippen LogP contribution in [0.2, 0.25) is 0 Å². The quantitative estimate of drug-likeness (QED) is 0.706. The van der Waals surface area contributed by atoms with Crippen LogP contribution in [0.1, 0.15) is 22.8 Å². The van der Waals surface area contributed by atoms with Crippen molar-refractivity contribution in [1.82, 2.24) is 10.2 Å². The Morgan fingerprint density at radius 2 is 1.92 bits per heavy atom. The lowest BCUT2D eigenvalue weighted by Crippen LogP contribution is -2.29. The normalized spacial score (nSPS) is 18.8. The number of amides is 1. The molecule has 4 rings (SSSR count). The third-order valence-corrected chi connectivity index (χ3v) is 5.89. The van der Waals surface area contributed by atoms with Gasteiger partial charge in [0.1, 0.15) is 0 Å². The van der Waals surface area contributed by atoms with Gasteiger partial charge in [-0.05, 0) is 42.5 Å². The molecule has 5 heteroatoms. The summed E-state index contributed by atoms with van der Waals surface area (Å²) in [6.45, 7) is 2.11. The molecule has 25 heavy (non-hydrogen) atoms. The number of thiophene rings is 1. The SMILES string of the molecule is Cc1ccsc1[C@@H]1C[C@H]1C(=O)N(C)c1ccc(-c2ccccc2)nn1. The molecule has 0 radical (unpaired) electrons. The van der Waals surface area contributed by atoms with E-state index >= 15 is 0 Å². The van der Waals surface area contributed by atoms with Gasteiger partial charge in [-0.25, -0.2) is 0 Å². The molecule has 4 nitrogen and oxygen atoms in total. The van der Waals surface area contributed by atoms with Crippen LogP contribution in [-0.2, 0) is 4.79 Å². The number of hydrogen-bond donors (Lipinski definition) is 0. The fraction of sp³-hybridized carbons (Fsp3) is 0.250. The number of hydrogen-bond acceptors (Lipinski definition) is 4. The van der Waals surface area contributed by atoms with Gasteiger partial charge in [-0.2, -0.15) is 0 Å². The molecule has 0 N–H and O–H groups in total. The van der Waals surface area contributed by atoms with Crippen LogP contribution in [0.25, 0.3) is 11.3 Å². The molecule has 1 amide bonds. The van der Waals surface area contributed by atoms with E-state index in [2.05, 4.69) is 28.6 Å². The zero-order valence-corrected chi connectivity index (χ0v) is 15.0. The summed E-state index contributed by atoms with van der Waals surface area (Å²) in [5.74, 6) is 1.15. The second-order valence-electron chi connectivity index (χ2n) is 6.46. The second-order valence-corrected chi connectivity index (χ2v) is 7.40. The summed E-state index contributed by atoms with van der Waals surface area (Å²) in [7, 11) is 1.78. The Kier molecular flexibility index (Phi) is 4.09. The van der Waals surface area contributed by atoms with Gasteiger partial charge in [-0.15, -0.1) is 21.5 Å². The van der Waals surface area contributed by atoms with Crippen LogP contribution in [0.5, 0.6) is 0 Å². The summed E-state index contributed by atoms with van der Waals surface area (Å²) >= 11 is 1.75. The van der Waals surface area contributed by atoms with Crippen molar-refractivity contribution < 1.29 is 4.79 Å². The monoisotopic (exact) mass is 349 g/mol. The van der Waals surface area contributed by atoms with Crippen molar-refractivity contribution in [3.05, 3.63) is 64.4 Å². The molecular formula is C20H19N3OS. The van der Waals surface area contributed by atoms with Crippen molar-refractivity contribution in [3.8, 4) is 11.3 Å². The number of aryl methyl sites for hydroxylation is 1. The lowest BCUT2D eigenvalue weighted by molar-refractivity contribution is -0.119. The number of carbonyl (C=O) groups excluding carboxylic acids is 1. The molecule has 3 aromatic rings. The number of carbonyl (C=O) groups is 1. The van der Waals surface area contributed by atoms with E-state index < -0.39 is 0 Å². The second kappa shape index (κ2) is 6.41. The van der Waals surface area contributed by atoms with Gasteiger partial charge in [0.15, 0.2) is 5.82 Å². The van der Waals surface area contributed by atoms with Crippen LogP contribution in [0.4, 0.5) is 5.82 Å². The Labute approximate surface area is 151 Å². The molecule has 0 unspecified atom stereocenters. The summed E-state index contributed by atoms with van der Waals surface area (Å²) < 4.78 is 0. The first kappa shape index (κ1) is 16.0. The third kappa shape index (κ3) is 3.07. The summed E-state index contributed by atoms with van der Waals surface area (Å²) in [5.41, 5.74) is 3.12. The van der Waals surface area contributed by atoms with E-state index in [-0.39, 0.29) is 11.8 Å². The molecule has 2 atom stereocenters. The first-order valence-electron chi connectivity index (χ1n) is 8.36. The van der Waals surface area contributed by atoms with Gasteiger partial charge in [-0.1, -0.05) is 30.3 Å². The van der Waals surface area contributed by atoms with Crippen molar-refractivity contribution in [2.24, 2.45) is 5.92 Å². The maximum atomic E-state index is 12.7. The van der Waals surface area contributed by atoms with Gasteiger partial charge in [-0.3, -0.25) is 9.69 Å². The molecule has 126 valence electrons. The van der Waals surface area contributed by atoms with E-state index in [9.17, 15) is 4.79 Å². The molecule has 1 fully saturated rings. The molecule has 1 aliphatic rings. The van der Waals surface area contributed by atoms with Gasteiger partial charge in [0.25, 0.3) is 0 Å². The van der Waals surface area contributed by atoms with Crippen LogP contribution < -0.4 is 4.90 Å². The van der Waals surface area contributed by atoms with Crippen LogP contribution >= 0.6 is 11.3 Å². The molecule has 1 saturated carbocycles. The van der Waals surface area contributed by atoms with Crippen LogP contribution in [0.3, 0.4) is 0 Å². The average molecular weight is 349 g/mol. The molecule has 0 bridgehead atoms. The highest BCUT2D eigenvalue weighted by atomic mass is 32.1. The average Bonchev–Trinajstić information content (AvgIpc) is 3.34. The highest BCUT2D eigenvalue weighted by Crippen LogP contribution is 2.51. The zero-order chi connectivity index (χ0) is 17.4.